The Bertz CT molecular complexity index is 661. The monoisotopic (exact) mass is 294 g/mol. The molecule has 0 bridgehead atoms. The third kappa shape index (κ3) is 3.81. The first-order chi connectivity index (χ1) is 9.75. The van der Waals surface area contributed by atoms with E-state index in [0.717, 1.165) is 17.7 Å². The van der Waals surface area contributed by atoms with Crippen molar-refractivity contribution in [3.63, 3.8) is 0 Å². The van der Waals surface area contributed by atoms with Crippen LogP contribution in [0.4, 0.5) is 19.0 Å². The minimum atomic E-state index is -4.48. The number of aryl methyl sites for hydroxylation is 2. The molecule has 0 spiro atoms. The van der Waals surface area contributed by atoms with Crippen LogP contribution in [0.5, 0.6) is 0 Å². The molecule has 1 heterocycles. The minimum absolute atomic E-state index is 0.0641. The van der Waals surface area contributed by atoms with Gasteiger partial charge in [-0.1, -0.05) is 6.07 Å². The van der Waals surface area contributed by atoms with Crippen molar-refractivity contribution >= 4 is 11.7 Å². The van der Waals surface area contributed by atoms with Gasteiger partial charge in [0.05, 0.1) is 5.56 Å². The number of halogens is 3. The molecule has 1 amide bonds. The highest BCUT2D eigenvalue weighted by molar-refractivity contribution is 6.03. The zero-order valence-corrected chi connectivity index (χ0v) is 11.5. The number of rotatable bonds is 2. The van der Waals surface area contributed by atoms with Crippen molar-refractivity contribution in [3.8, 4) is 0 Å². The molecule has 0 atom stereocenters. The Balaban J connectivity index is 2.24. The van der Waals surface area contributed by atoms with Crippen LogP contribution in [0.25, 0.3) is 0 Å². The molecule has 0 unspecified atom stereocenters. The van der Waals surface area contributed by atoms with E-state index in [1.807, 2.05) is 13.0 Å². The topological polar surface area (TPSA) is 42.0 Å². The zero-order valence-electron chi connectivity index (χ0n) is 11.5. The third-order valence-corrected chi connectivity index (χ3v) is 2.79. The molecular formula is C15H13F3N2O. The molecule has 110 valence electrons. The van der Waals surface area contributed by atoms with Crippen LogP contribution in [-0.2, 0) is 6.18 Å². The summed E-state index contributed by atoms with van der Waals surface area (Å²) >= 11 is 0. The molecule has 21 heavy (non-hydrogen) atoms. The molecule has 0 fully saturated rings. The average molecular weight is 294 g/mol. The Kier molecular flexibility index (Phi) is 3.97. The van der Waals surface area contributed by atoms with Crippen LogP contribution in [0, 0.1) is 13.8 Å². The smallest absolute Gasteiger partial charge is 0.307 e. The number of alkyl halides is 3. The second kappa shape index (κ2) is 5.55. The maximum absolute atomic E-state index is 12.6. The maximum Gasteiger partial charge on any atom is 0.416 e. The number of aromatic nitrogens is 1. The number of nitrogens with zero attached hydrogens (tertiary/aromatic N) is 1. The molecule has 0 radical (unpaired) electrons. The van der Waals surface area contributed by atoms with Gasteiger partial charge in [0.2, 0.25) is 0 Å². The van der Waals surface area contributed by atoms with Gasteiger partial charge in [0.1, 0.15) is 5.82 Å². The second-order valence-electron chi connectivity index (χ2n) is 4.70. The highest BCUT2D eigenvalue weighted by Crippen LogP contribution is 2.29. The van der Waals surface area contributed by atoms with Crippen LogP contribution in [0.15, 0.2) is 36.4 Å². The van der Waals surface area contributed by atoms with E-state index < -0.39 is 17.6 Å². The summed E-state index contributed by atoms with van der Waals surface area (Å²) in [4.78, 5) is 16.1. The van der Waals surface area contributed by atoms with E-state index in [-0.39, 0.29) is 5.56 Å². The number of pyridine rings is 1. The van der Waals surface area contributed by atoms with Gasteiger partial charge in [0.25, 0.3) is 5.91 Å². The van der Waals surface area contributed by atoms with Crippen molar-refractivity contribution in [1.82, 2.24) is 4.98 Å². The van der Waals surface area contributed by atoms with Crippen LogP contribution in [0.2, 0.25) is 0 Å². The first-order valence-electron chi connectivity index (χ1n) is 6.19. The molecule has 3 nitrogen and oxygen atoms in total. The molecule has 1 aromatic heterocycles. The highest BCUT2D eigenvalue weighted by atomic mass is 19.4. The fourth-order valence-corrected chi connectivity index (χ4v) is 1.93. The Morgan fingerprint density at radius 2 is 1.86 bits per heavy atom. The number of carbonyl (C=O) groups is 1. The van der Waals surface area contributed by atoms with Crippen molar-refractivity contribution in [2.75, 3.05) is 5.32 Å². The Labute approximate surface area is 119 Å². The summed E-state index contributed by atoms with van der Waals surface area (Å²) < 4.78 is 37.9. The predicted octanol–water partition coefficient (Wildman–Crippen LogP) is 3.97. The first kappa shape index (κ1) is 15.0. The lowest BCUT2D eigenvalue weighted by Crippen LogP contribution is -2.15. The zero-order chi connectivity index (χ0) is 15.6. The first-order valence-corrected chi connectivity index (χ1v) is 6.19. The molecule has 2 aromatic rings. The standard InChI is InChI=1S/C15H13F3N2O/c1-9-6-10(2)19-13(7-9)20-14(21)11-4-3-5-12(8-11)15(16,17)18/h3-8H,1-2H3,(H,19,20,21). The fourth-order valence-electron chi connectivity index (χ4n) is 1.93. The van der Waals surface area contributed by atoms with Gasteiger partial charge < -0.3 is 5.32 Å². The second-order valence-corrected chi connectivity index (χ2v) is 4.70. The van der Waals surface area contributed by atoms with Gasteiger partial charge in [-0.3, -0.25) is 4.79 Å². The molecule has 6 heteroatoms. The summed E-state index contributed by atoms with van der Waals surface area (Å²) in [5.74, 6) is -0.312. The number of carbonyl (C=O) groups excluding carboxylic acids is 1. The summed E-state index contributed by atoms with van der Waals surface area (Å²) in [7, 11) is 0. The Morgan fingerprint density at radius 3 is 2.48 bits per heavy atom. The summed E-state index contributed by atoms with van der Waals surface area (Å²) in [6.45, 7) is 3.61. The van der Waals surface area contributed by atoms with Gasteiger partial charge >= 0.3 is 6.18 Å². The van der Waals surface area contributed by atoms with Gasteiger partial charge in [-0.05, 0) is 49.7 Å². The Morgan fingerprint density at radius 1 is 1.14 bits per heavy atom. The maximum atomic E-state index is 12.6. The van der Waals surface area contributed by atoms with Crippen LogP contribution < -0.4 is 5.32 Å². The number of hydrogen-bond acceptors (Lipinski definition) is 2. The molecule has 1 N–H and O–H groups in total. The van der Waals surface area contributed by atoms with E-state index in [1.54, 1.807) is 13.0 Å². The van der Waals surface area contributed by atoms with Crippen LogP contribution in [0.3, 0.4) is 0 Å². The minimum Gasteiger partial charge on any atom is -0.307 e. The van der Waals surface area contributed by atoms with Crippen molar-refractivity contribution in [2.24, 2.45) is 0 Å². The van der Waals surface area contributed by atoms with Crippen LogP contribution in [-0.4, -0.2) is 10.9 Å². The third-order valence-electron chi connectivity index (χ3n) is 2.79. The fraction of sp³-hybridized carbons (Fsp3) is 0.200. The van der Waals surface area contributed by atoms with E-state index in [9.17, 15) is 18.0 Å². The molecule has 0 aliphatic carbocycles. The summed E-state index contributed by atoms with van der Waals surface area (Å²) in [5, 5.41) is 2.50. The molecule has 2 rings (SSSR count). The van der Waals surface area contributed by atoms with Crippen molar-refractivity contribution in [1.29, 1.82) is 0 Å². The summed E-state index contributed by atoms with van der Waals surface area (Å²) in [6, 6.07) is 7.75. The van der Waals surface area contributed by atoms with Gasteiger partial charge in [0, 0.05) is 11.3 Å². The van der Waals surface area contributed by atoms with Gasteiger partial charge in [0.15, 0.2) is 0 Å². The molecular weight excluding hydrogens is 281 g/mol. The number of nitrogens with one attached hydrogen (secondary N) is 1. The van der Waals surface area contributed by atoms with Crippen molar-refractivity contribution in [2.45, 2.75) is 20.0 Å². The van der Waals surface area contributed by atoms with E-state index in [2.05, 4.69) is 10.3 Å². The lowest BCUT2D eigenvalue weighted by Gasteiger charge is -2.09. The Hall–Kier alpha value is -2.37. The largest absolute Gasteiger partial charge is 0.416 e. The molecule has 0 aliphatic heterocycles. The molecule has 0 aliphatic rings. The van der Waals surface area contributed by atoms with E-state index in [1.165, 1.54) is 12.1 Å². The van der Waals surface area contributed by atoms with Crippen LogP contribution >= 0.6 is 0 Å². The number of benzene rings is 1. The lowest BCUT2D eigenvalue weighted by atomic mass is 10.1. The SMILES string of the molecule is Cc1cc(C)nc(NC(=O)c2cccc(C(F)(F)F)c2)c1. The summed E-state index contributed by atoms with van der Waals surface area (Å²) in [6.07, 6.45) is -4.48. The van der Waals surface area contributed by atoms with Gasteiger partial charge in [-0.2, -0.15) is 13.2 Å². The van der Waals surface area contributed by atoms with E-state index in [0.29, 0.717) is 11.5 Å². The normalized spacial score (nSPS) is 11.3. The van der Waals surface area contributed by atoms with Gasteiger partial charge in [-0.25, -0.2) is 4.98 Å². The van der Waals surface area contributed by atoms with E-state index in [4.69, 9.17) is 0 Å². The number of anilines is 1. The number of amides is 1. The van der Waals surface area contributed by atoms with Crippen LogP contribution in [0.1, 0.15) is 27.2 Å². The van der Waals surface area contributed by atoms with Gasteiger partial charge in [-0.15, -0.1) is 0 Å². The van der Waals surface area contributed by atoms with E-state index >= 15 is 0 Å². The number of hydrogen-bond donors (Lipinski definition) is 1. The highest BCUT2D eigenvalue weighted by Gasteiger charge is 2.30. The molecule has 1 aromatic carbocycles. The van der Waals surface area contributed by atoms with Crippen molar-refractivity contribution in [3.05, 3.63) is 58.8 Å². The average Bonchev–Trinajstić information content (AvgIpc) is 2.36. The lowest BCUT2D eigenvalue weighted by molar-refractivity contribution is -0.137. The van der Waals surface area contributed by atoms with Crippen molar-refractivity contribution < 1.29 is 18.0 Å². The molecule has 0 saturated carbocycles. The quantitative estimate of drug-likeness (QED) is 0.910. The predicted molar refractivity (Wildman–Crippen MR) is 73.1 cm³/mol. The summed E-state index contributed by atoms with van der Waals surface area (Å²) in [5.41, 5.74) is 0.700. The molecule has 0 saturated heterocycles.